The summed E-state index contributed by atoms with van der Waals surface area (Å²) in [5.74, 6) is 0. The maximum atomic E-state index is 2.42. The third-order valence-electron chi connectivity index (χ3n) is 3.19. The van der Waals surface area contributed by atoms with Gasteiger partial charge in [0.05, 0.1) is 0 Å². The third kappa shape index (κ3) is 3.05. The van der Waals surface area contributed by atoms with Crippen molar-refractivity contribution in [3.05, 3.63) is 0 Å². The lowest BCUT2D eigenvalue weighted by Gasteiger charge is -2.49. The van der Waals surface area contributed by atoms with Crippen molar-refractivity contribution in [2.24, 2.45) is 0 Å². The van der Waals surface area contributed by atoms with E-state index in [2.05, 4.69) is 77.6 Å². The Balaban J connectivity index is 2.80. The lowest BCUT2D eigenvalue weighted by molar-refractivity contribution is 0.373. The van der Waals surface area contributed by atoms with Gasteiger partial charge in [0.15, 0.2) is 0 Å². The van der Waals surface area contributed by atoms with Crippen LogP contribution in [-0.2, 0) is 0 Å². The Morgan fingerprint density at radius 3 is 1.38 bits per heavy atom. The zero-order chi connectivity index (χ0) is 12.5. The van der Waals surface area contributed by atoms with Gasteiger partial charge in [0.2, 0.25) is 0 Å². The molecule has 6 heteroatoms. The SMILES string of the molecule is CB1N(C(C)C)[B]N(C(C)C)[B]N1C(C)C. The van der Waals surface area contributed by atoms with E-state index >= 15 is 0 Å². The zero-order valence-electron chi connectivity index (χ0n) is 11.8. The first-order valence-electron chi connectivity index (χ1n) is 6.37. The summed E-state index contributed by atoms with van der Waals surface area (Å²) < 4.78 is 7.13. The molecule has 0 unspecified atom stereocenters. The topological polar surface area (TPSA) is 9.72 Å². The molecule has 0 aromatic heterocycles. The summed E-state index contributed by atoms with van der Waals surface area (Å²) >= 11 is 0. The molecule has 0 saturated carbocycles. The second kappa shape index (κ2) is 5.61. The molecule has 1 rings (SSSR count). The molecule has 0 aromatic carbocycles. The van der Waals surface area contributed by atoms with Crippen LogP contribution in [0.25, 0.3) is 0 Å². The standard InChI is InChI=1S/C10H24B3N3/c1-8(2)14-11-15(9(3)4)13(7)16(12-14)10(5)6/h8-10H,1-7H3. The Morgan fingerprint density at radius 1 is 0.750 bits per heavy atom. The van der Waals surface area contributed by atoms with Crippen LogP contribution in [0, 0.1) is 0 Å². The van der Waals surface area contributed by atoms with E-state index in [0.29, 0.717) is 25.1 Å². The van der Waals surface area contributed by atoms with Gasteiger partial charge in [0.25, 0.3) is 22.1 Å². The molecule has 0 N–H and O–H groups in total. The molecule has 1 saturated heterocycles. The van der Waals surface area contributed by atoms with Crippen molar-refractivity contribution in [1.29, 1.82) is 0 Å². The maximum absolute atomic E-state index is 2.42. The largest absolute Gasteiger partial charge is 0.363 e. The van der Waals surface area contributed by atoms with Crippen LogP contribution in [0.1, 0.15) is 41.5 Å². The summed E-state index contributed by atoms with van der Waals surface area (Å²) in [7, 11) is 4.50. The summed E-state index contributed by atoms with van der Waals surface area (Å²) in [5.41, 5.74) is 0. The van der Waals surface area contributed by atoms with E-state index in [1.807, 2.05) is 0 Å². The lowest BCUT2D eigenvalue weighted by atomic mass is 9.57. The molecular formula is C10H24B3N3. The molecule has 0 amide bonds. The van der Waals surface area contributed by atoms with Gasteiger partial charge in [-0.15, -0.1) is 0 Å². The van der Waals surface area contributed by atoms with Gasteiger partial charge in [-0.3, -0.25) is 0 Å². The molecule has 0 atom stereocenters. The first-order valence-corrected chi connectivity index (χ1v) is 6.37. The van der Waals surface area contributed by atoms with Crippen molar-refractivity contribution in [3.63, 3.8) is 0 Å². The minimum Gasteiger partial charge on any atom is -0.363 e. The highest BCUT2D eigenvalue weighted by Gasteiger charge is 2.38. The van der Waals surface area contributed by atoms with E-state index in [9.17, 15) is 0 Å². The first-order chi connectivity index (χ1) is 7.34. The molecule has 0 aromatic rings. The van der Waals surface area contributed by atoms with E-state index in [4.69, 9.17) is 0 Å². The average molecular weight is 219 g/mol. The molecule has 0 spiro atoms. The van der Waals surface area contributed by atoms with Crippen LogP contribution in [-0.4, -0.2) is 54.4 Å². The van der Waals surface area contributed by atoms with Crippen molar-refractivity contribution in [3.8, 4) is 0 Å². The normalized spacial score (nSPS) is 20.8. The Hall–Kier alpha value is 0.0748. The second-order valence-electron chi connectivity index (χ2n) is 5.49. The van der Waals surface area contributed by atoms with Crippen molar-refractivity contribution in [1.82, 2.24) is 14.2 Å². The molecule has 1 fully saturated rings. The van der Waals surface area contributed by atoms with Crippen molar-refractivity contribution in [2.45, 2.75) is 66.5 Å². The minimum absolute atomic E-state index is 0.440. The van der Waals surface area contributed by atoms with E-state index in [1.165, 1.54) is 0 Å². The highest BCUT2D eigenvalue weighted by molar-refractivity contribution is 6.73. The van der Waals surface area contributed by atoms with Gasteiger partial charge in [-0.25, -0.2) is 0 Å². The average Bonchev–Trinajstić information content (AvgIpc) is 2.16. The molecule has 3 nitrogen and oxygen atoms in total. The fourth-order valence-corrected chi connectivity index (χ4v) is 2.08. The van der Waals surface area contributed by atoms with Crippen LogP contribution in [0.5, 0.6) is 0 Å². The minimum atomic E-state index is 0.440. The van der Waals surface area contributed by atoms with Crippen molar-refractivity contribution < 1.29 is 0 Å². The Morgan fingerprint density at radius 2 is 1.12 bits per heavy atom. The summed E-state index contributed by atoms with van der Waals surface area (Å²) in [4.78, 5) is 0. The van der Waals surface area contributed by atoms with E-state index in [-0.39, 0.29) is 0 Å². The fourth-order valence-electron chi connectivity index (χ4n) is 2.08. The Labute approximate surface area is 103 Å². The van der Waals surface area contributed by atoms with Crippen LogP contribution in [0.15, 0.2) is 0 Å². The van der Waals surface area contributed by atoms with E-state index < -0.39 is 0 Å². The Bertz CT molecular complexity index is 205. The molecule has 0 bridgehead atoms. The molecule has 1 aliphatic rings. The molecule has 1 aliphatic heterocycles. The smallest absolute Gasteiger partial charge is 0.290 e. The number of hydrogen-bond acceptors (Lipinski definition) is 3. The van der Waals surface area contributed by atoms with Gasteiger partial charge >= 0.3 is 0 Å². The third-order valence-corrected chi connectivity index (χ3v) is 3.19. The van der Waals surface area contributed by atoms with Gasteiger partial charge in [0.1, 0.15) is 0 Å². The van der Waals surface area contributed by atoms with Crippen LogP contribution in [0.3, 0.4) is 0 Å². The van der Waals surface area contributed by atoms with Crippen LogP contribution in [0.4, 0.5) is 0 Å². The van der Waals surface area contributed by atoms with Crippen LogP contribution >= 0.6 is 0 Å². The molecule has 0 aliphatic carbocycles. The first kappa shape index (κ1) is 14.1. The zero-order valence-corrected chi connectivity index (χ0v) is 11.8. The van der Waals surface area contributed by atoms with Crippen molar-refractivity contribution in [2.75, 3.05) is 0 Å². The Kier molecular flexibility index (Phi) is 4.96. The molecule has 16 heavy (non-hydrogen) atoms. The van der Waals surface area contributed by atoms with Gasteiger partial charge < -0.3 is 14.2 Å². The number of nitrogens with zero attached hydrogens (tertiary/aromatic N) is 3. The van der Waals surface area contributed by atoms with Gasteiger partial charge in [0, 0.05) is 0 Å². The molecular weight excluding hydrogens is 195 g/mol. The lowest BCUT2D eigenvalue weighted by Crippen LogP contribution is -2.70. The van der Waals surface area contributed by atoms with E-state index in [1.54, 1.807) is 0 Å². The van der Waals surface area contributed by atoms with Crippen molar-refractivity contribution >= 4 is 22.1 Å². The fraction of sp³-hybridized carbons (Fsp3) is 1.00. The predicted molar refractivity (Wildman–Crippen MR) is 74.1 cm³/mol. The highest BCUT2D eigenvalue weighted by Crippen LogP contribution is 2.16. The summed E-state index contributed by atoms with van der Waals surface area (Å²) in [6.07, 6.45) is 0. The highest BCUT2D eigenvalue weighted by atomic mass is 15.3. The van der Waals surface area contributed by atoms with E-state index in [0.717, 1.165) is 0 Å². The van der Waals surface area contributed by atoms with Gasteiger partial charge in [-0.2, -0.15) is 0 Å². The maximum Gasteiger partial charge on any atom is 0.290 e. The quantitative estimate of drug-likeness (QED) is 0.662. The molecule has 2 radical (unpaired) electrons. The monoisotopic (exact) mass is 219 g/mol. The molecule has 88 valence electrons. The summed E-state index contributed by atoms with van der Waals surface area (Å²) in [6.45, 7) is 16.1. The predicted octanol–water partition coefficient (Wildman–Crippen LogP) is 1.32. The van der Waals surface area contributed by atoms with Gasteiger partial charge in [-0.05, 0) is 18.1 Å². The van der Waals surface area contributed by atoms with Crippen LogP contribution in [0.2, 0.25) is 6.82 Å². The van der Waals surface area contributed by atoms with Gasteiger partial charge in [-0.1, -0.05) is 48.4 Å². The number of rotatable bonds is 3. The number of hydrogen-bond donors (Lipinski definition) is 0. The molecule has 1 heterocycles. The summed E-state index contributed by atoms with van der Waals surface area (Å²) in [6, 6.07) is 1.58. The summed E-state index contributed by atoms with van der Waals surface area (Å²) in [5, 5.41) is 0. The second-order valence-corrected chi connectivity index (χ2v) is 5.49. The van der Waals surface area contributed by atoms with Crippen LogP contribution < -0.4 is 0 Å².